The Morgan fingerprint density at radius 2 is 1.88 bits per heavy atom. The highest BCUT2D eigenvalue weighted by Crippen LogP contribution is 2.35. The molecule has 1 aliphatic heterocycles. The van der Waals surface area contributed by atoms with Gasteiger partial charge in [0.25, 0.3) is 5.91 Å². The molecule has 4 heteroatoms. The van der Waals surface area contributed by atoms with Crippen molar-refractivity contribution in [2.24, 2.45) is 10.9 Å². The minimum atomic E-state index is -0.199. The summed E-state index contributed by atoms with van der Waals surface area (Å²) >= 11 is 0. The molecule has 1 amide bonds. The molecular weight excluding hydrogens is 420 g/mol. The number of amides is 1. The Hall–Kier alpha value is -2.88. The van der Waals surface area contributed by atoms with Gasteiger partial charge in [-0.2, -0.15) is 0 Å². The maximum atomic E-state index is 12.8. The van der Waals surface area contributed by atoms with Crippen molar-refractivity contribution >= 4 is 12.1 Å². The molecule has 2 unspecified atom stereocenters. The van der Waals surface area contributed by atoms with Crippen LogP contribution >= 0.6 is 0 Å². The Morgan fingerprint density at radius 1 is 1.15 bits per heavy atom. The lowest BCUT2D eigenvalue weighted by Crippen LogP contribution is -2.34. The number of phenols is 1. The molecule has 2 aromatic carbocycles. The number of allylic oxidation sites excluding steroid dienone is 2. The van der Waals surface area contributed by atoms with Crippen molar-refractivity contribution in [3.05, 3.63) is 76.0 Å². The first-order chi connectivity index (χ1) is 16.3. The lowest BCUT2D eigenvalue weighted by atomic mass is 9.84. The topological polar surface area (TPSA) is 61.7 Å². The third-order valence-electron chi connectivity index (χ3n) is 6.91. The molecule has 0 saturated carbocycles. The minimum Gasteiger partial charge on any atom is -0.507 e. The first kappa shape index (κ1) is 25.7. The molecule has 0 aromatic heterocycles. The molecule has 0 fully saturated rings. The van der Waals surface area contributed by atoms with E-state index < -0.39 is 0 Å². The predicted octanol–water partition coefficient (Wildman–Crippen LogP) is 7.03. The van der Waals surface area contributed by atoms with Crippen molar-refractivity contribution in [2.75, 3.05) is 0 Å². The van der Waals surface area contributed by atoms with Crippen LogP contribution in [0.1, 0.15) is 91.4 Å². The van der Waals surface area contributed by atoms with Crippen molar-refractivity contribution in [3.63, 3.8) is 0 Å². The number of aromatic hydroxyl groups is 1. The fraction of sp³-hybridized carbons (Fsp3) is 0.467. The summed E-state index contributed by atoms with van der Waals surface area (Å²) in [6, 6.07) is 12.1. The van der Waals surface area contributed by atoms with Gasteiger partial charge in [-0.05, 0) is 79.8 Å². The molecule has 34 heavy (non-hydrogen) atoms. The van der Waals surface area contributed by atoms with Crippen LogP contribution in [-0.4, -0.2) is 23.3 Å². The molecule has 0 aliphatic carbocycles. The highest BCUT2D eigenvalue weighted by molar-refractivity contribution is 5.97. The van der Waals surface area contributed by atoms with Gasteiger partial charge in [-0.15, -0.1) is 0 Å². The maximum absolute atomic E-state index is 12.8. The number of benzene rings is 2. The molecule has 0 saturated heterocycles. The first-order valence-corrected chi connectivity index (χ1v) is 12.8. The van der Waals surface area contributed by atoms with E-state index in [4.69, 9.17) is 4.99 Å². The molecule has 0 spiro atoms. The zero-order valence-electron chi connectivity index (χ0n) is 21.4. The van der Waals surface area contributed by atoms with E-state index in [2.05, 4.69) is 64.2 Å². The number of hydrogen-bond acceptors (Lipinski definition) is 3. The van der Waals surface area contributed by atoms with E-state index in [1.807, 2.05) is 12.3 Å². The maximum Gasteiger partial charge on any atom is 0.255 e. The van der Waals surface area contributed by atoms with E-state index in [0.29, 0.717) is 17.9 Å². The van der Waals surface area contributed by atoms with E-state index in [9.17, 15) is 9.90 Å². The molecular formula is C30H40N2O2. The van der Waals surface area contributed by atoms with Crippen LogP contribution in [0.5, 0.6) is 5.75 Å². The van der Waals surface area contributed by atoms with Crippen molar-refractivity contribution in [3.8, 4) is 5.75 Å². The average Bonchev–Trinajstić information content (AvgIpc) is 2.80. The first-order valence-electron chi connectivity index (χ1n) is 12.8. The van der Waals surface area contributed by atoms with Crippen LogP contribution in [0.3, 0.4) is 0 Å². The van der Waals surface area contributed by atoms with Gasteiger partial charge in [0.15, 0.2) is 0 Å². The van der Waals surface area contributed by atoms with Gasteiger partial charge in [0, 0.05) is 23.9 Å². The van der Waals surface area contributed by atoms with Crippen LogP contribution in [0.2, 0.25) is 0 Å². The summed E-state index contributed by atoms with van der Waals surface area (Å²) in [5, 5.41) is 13.9. The van der Waals surface area contributed by atoms with Crippen LogP contribution in [0.15, 0.2) is 53.2 Å². The summed E-state index contributed by atoms with van der Waals surface area (Å²) in [5.41, 5.74) is 6.22. The summed E-state index contributed by atoms with van der Waals surface area (Å²) in [5.74, 6) is 0.391. The molecule has 1 aliphatic rings. The minimum absolute atomic E-state index is 0.0382. The van der Waals surface area contributed by atoms with Crippen molar-refractivity contribution in [2.45, 2.75) is 85.1 Å². The molecule has 4 nitrogen and oxygen atoms in total. The number of nitrogens with one attached hydrogen (secondary N) is 1. The van der Waals surface area contributed by atoms with Gasteiger partial charge in [0.05, 0.1) is 5.56 Å². The number of nitrogens with zero attached hydrogens (tertiary/aromatic N) is 1. The van der Waals surface area contributed by atoms with E-state index in [1.54, 1.807) is 12.1 Å². The molecule has 0 bridgehead atoms. The number of phenolic OH excluding ortho intramolecular Hbond substituents is 1. The second kappa shape index (κ2) is 12.0. The summed E-state index contributed by atoms with van der Waals surface area (Å²) < 4.78 is 0. The second-order valence-electron chi connectivity index (χ2n) is 9.77. The zero-order valence-corrected chi connectivity index (χ0v) is 21.4. The number of rotatable bonds is 10. The lowest BCUT2D eigenvalue weighted by Gasteiger charge is -2.24. The van der Waals surface area contributed by atoms with Crippen LogP contribution in [0.4, 0.5) is 0 Å². The van der Waals surface area contributed by atoms with Gasteiger partial charge in [0.1, 0.15) is 5.75 Å². The number of aliphatic imine (C=N–C) groups is 1. The van der Waals surface area contributed by atoms with Gasteiger partial charge in [0.2, 0.25) is 0 Å². The average molecular weight is 461 g/mol. The summed E-state index contributed by atoms with van der Waals surface area (Å²) in [4.78, 5) is 17.6. The van der Waals surface area contributed by atoms with E-state index in [-0.39, 0.29) is 23.6 Å². The third kappa shape index (κ3) is 6.37. The van der Waals surface area contributed by atoms with Crippen molar-refractivity contribution < 1.29 is 9.90 Å². The SMILES string of the molecule is CCCC(CCC)NC(=O)c1ccc(CC(C2=CCC(C)C=N2)c2cccc(C)c2C)cc1O. The normalized spacial score (nSPS) is 16.4. The molecule has 1 heterocycles. The molecule has 2 aromatic rings. The van der Waals surface area contributed by atoms with E-state index >= 15 is 0 Å². The zero-order chi connectivity index (χ0) is 24.7. The van der Waals surface area contributed by atoms with Gasteiger partial charge >= 0.3 is 0 Å². The molecule has 0 radical (unpaired) electrons. The largest absolute Gasteiger partial charge is 0.507 e. The molecule has 2 atom stereocenters. The van der Waals surface area contributed by atoms with Crippen molar-refractivity contribution in [1.82, 2.24) is 5.32 Å². The van der Waals surface area contributed by atoms with Crippen LogP contribution in [0.25, 0.3) is 0 Å². The van der Waals surface area contributed by atoms with Gasteiger partial charge in [-0.3, -0.25) is 9.79 Å². The third-order valence-corrected chi connectivity index (χ3v) is 6.91. The Balaban J connectivity index is 1.86. The summed E-state index contributed by atoms with van der Waals surface area (Å²) in [6.07, 6.45) is 9.93. The molecule has 3 rings (SSSR count). The quantitative estimate of drug-likeness (QED) is 0.400. The Bertz CT molecular complexity index is 1050. The Kier molecular flexibility index (Phi) is 9.09. The highest BCUT2D eigenvalue weighted by atomic mass is 16.3. The van der Waals surface area contributed by atoms with Crippen LogP contribution in [-0.2, 0) is 6.42 Å². The number of carbonyl (C=O) groups excluding carboxylic acids is 1. The van der Waals surface area contributed by atoms with Crippen LogP contribution < -0.4 is 5.32 Å². The highest BCUT2D eigenvalue weighted by Gasteiger charge is 2.23. The second-order valence-corrected chi connectivity index (χ2v) is 9.77. The van der Waals surface area contributed by atoms with Crippen molar-refractivity contribution in [1.29, 1.82) is 0 Å². The van der Waals surface area contributed by atoms with Gasteiger partial charge in [-0.1, -0.05) is 64.0 Å². The standard InChI is InChI=1S/C30H40N2O2/c1-6-9-24(10-7-2)32-30(34)26-15-14-23(18-29(26)33)17-27(28-16-13-20(3)19-31-28)25-12-8-11-21(4)22(25)5/h8,11-12,14-16,18-20,24,27,33H,6-7,9-10,13,17H2,1-5H3,(H,32,34). The number of aryl methyl sites for hydroxylation is 1. The monoisotopic (exact) mass is 460 g/mol. The summed E-state index contributed by atoms with van der Waals surface area (Å²) in [6.45, 7) is 10.7. The molecule has 182 valence electrons. The lowest BCUT2D eigenvalue weighted by molar-refractivity contribution is 0.0930. The Labute approximate surface area is 205 Å². The number of carbonyl (C=O) groups is 1. The van der Waals surface area contributed by atoms with Gasteiger partial charge < -0.3 is 10.4 Å². The fourth-order valence-electron chi connectivity index (χ4n) is 4.77. The summed E-state index contributed by atoms with van der Waals surface area (Å²) in [7, 11) is 0. The smallest absolute Gasteiger partial charge is 0.255 e. The van der Waals surface area contributed by atoms with Crippen LogP contribution in [0, 0.1) is 19.8 Å². The number of hydrogen-bond donors (Lipinski definition) is 2. The van der Waals surface area contributed by atoms with Gasteiger partial charge in [-0.25, -0.2) is 0 Å². The fourth-order valence-corrected chi connectivity index (χ4v) is 4.77. The van der Waals surface area contributed by atoms with E-state index in [1.165, 1.54) is 16.7 Å². The molecule has 2 N–H and O–H groups in total. The predicted molar refractivity (Wildman–Crippen MR) is 142 cm³/mol. The Morgan fingerprint density at radius 3 is 2.50 bits per heavy atom. The van der Waals surface area contributed by atoms with E-state index in [0.717, 1.165) is 43.4 Å².